The quantitative estimate of drug-likeness (QED) is 0.818. The van der Waals surface area contributed by atoms with Gasteiger partial charge in [0.25, 0.3) is 0 Å². The van der Waals surface area contributed by atoms with E-state index in [9.17, 15) is 9.90 Å². The lowest BCUT2D eigenvalue weighted by Crippen LogP contribution is -2.56. The van der Waals surface area contributed by atoms with E-state index in [1.54, 1.807) is 0 Å². The van der Waals surface area contributed by atoms with Gasteiger partial charge in [-0.15, -0.1) is 0 Å². The van der Waals surface area contributed by atoms with Crippen molar-refractivity contribution in [1.29, 1.82) is 0 Å². The zero-order valence-corrected chi connectivity index (χ0v) is 13.8. The van der Waals surface area contributed by atoms with E-state index in [1.165, 1.54) is 58.2 Å². The van der Waals surface area contributed by atoms with Crippen molar-refractivity contribution in [3.63, 3.8) is 0 Å². The summed E-state index contributed by atoms with van der Waals surface area (Å²) in [5, 5.41) is 9.36. The minimum absolute atomic E-state index is 0.0817. The minimum atomic E-state index is -0.632. The largest absolute Gasteiger partial charge is 0.481 e. The Balaban J connectivity index is 1.98. The molecule has 1 N–H and O–H groups in total. The SMILES string of the molecule is CCCN1CCC(N(C)C2(CC(=O)O)CCCCC2)CC1. The molecule has 1 aliphatic heterocycles. The maximum atomic E-state index is 11.4. The van der Waals surface area contributed by atoms with Crippen LogP contribution in [0.4, 0.5) is 0 Å². The Labute approximate surface area is 129 Å². The number of carboxylic acid groups (broad SMARTS) is 1. The normalized spacial score (nSPS) is 24.3. The smallest absolute Gasteiger partial charge is 0.305 e. The Morgan fingerprint density at radius 2 is 1.86 bits per heavy atom. The summed E-state index contributed by atoms with van der Waals surface area (Å²) in [6, 6.07) is 0.565. The van der Waals surface area contributed by atoms with Crippen LogP contribution in [0.25, 0.3) is 0 Å². The number of carbonyl (C=O) groups is 1. The van der Waals surface area contributed by atoms with Crippen molar-refractivity contribution in [2.45, 2.75) is 76.3 Å². The summed E-state index contributed by atoms with van der Waals surface area (Å²) < 4.78 is 0. The van der Waals surface area contributed by atoms with Crippen LogP contribution in [0, 0.1) is 0 Å². The molecule has 1 heterocycles. The van der Waals surface area contributed by atoms with Crippen LogP contribution in [0.2, 0.25) is 0 Å². The van der Waals surface area contributed by atoms with Crippen molar-refractivity contribution in [1.82, 2.24) is 9.80 Å². The van der Waals surface area contributed by atoms with Crippen molar-refractivity contribution in [2.75, 3.05) is 26.7 Å². The molecular formula is C17H32N2O2. The van der Waals surface area contributed by atoms with Crippen LogP contribution in [0.5, 0.6) is 0 Å². The number of carboxylic acids is 1. The van der Waals surface area contributed by atoms with Crippen molar-refractivity contribution in [2.24, 2.45) is 0 Å². The van der Waals surface area contributed by atoms with E-state index in [4.69, 9.17) is 0 Å². The second kappa shape index (κ2) is 7.59. The average Bonchev–Trinajstić information content (AvgIpc) is 2.48. The molecule has 0 atom stereocenters. The standard InChI is InChI=1S/C17H32N2O2/c1-3-11-19-12-7-15(8-13-19)18(2)17(14-16(20)21)9-5-4-6-10-17/h15H,3-14H2,1-2H3,(H,20,21). The highest BCUT2D eigenvalue weighted by Gasteiger charge is 2.41. The fraction of sp³-hybridized carbons (Fsp3) is 0.941. The predicted molar refractivity (Wildman–Crippen MR) is 85.6 cm³/mol. The zero-order chi connectivity index (χ0) is 15.3. The summed E-state index contributed by atoms with van der Waals surface area (Å²) >= 11 is 0. The molecule has 0 aromatic heterocycles. The summed E-state index contributed by atoms with van der Waals surface area (Å²) in [4.78, 5) is 16.4. The third-order valence-corrected chi connectivity index (χ3v) is 5.66. The molecule has 0 radical (unpaired) electrons. The molecule has 4 nitrogen and oxygen atoms in total. The monoisotopic (exact) mass is 296 g/mol. The van der Waals surface area contributed by atoms with Gasteiger partial charge in [-0.2, -0.15) is 0 Å². The molecule has 122 valence electrons. The van der Waals surface area contributed by atoms with E-state index in [0.29, 0.717) is 12.5 Å². The molecule has 1 saturated heterocycles. The number of nitrogens with zero attached hydrogens (tertiary/aromatic N) is 2. The Morgan fingerprint density at radius 3 is 2.38 bits per heavy atom. The number of hydrogen-bond acceptors (Lipinski definition) is 3. The molecule has 0 spiro atoms. The van der Waals surface area contributed by atoms with E-state index in [1.807, 2.05) is 0 Å². The van der Waals surface area contributed by atoms with Crippen LogP contribution in [0.1, 0.15) is 64.7 Å². The van der Waals surface area contributed by atoms with E-state index >= 15 is 0 Å². The molecule has 2 rings (SSSR count). The molecule has 0 bridgehead atoms. The summed E-state index contributed by atoms with van der Waals surface area (Å²) in [6.07, 6.45) is 9.69. The van der Waals surface area contributed by atoms with Crippen molar-refractivity contribution >= 4 is 5.97 Å². The maximum absolute atomic E-state index is 11.4. The molecule has 4 heteroatoms. The summed E-state index contributed by atoms with van der Waals surface area (Å²) in [7, 11) is 2.19. The summed E-state index contributed by atoms with van der Waals surface area (Å²) in [6.45, 7) is 5.79. The molecular weight excluding hydrogens is 264 g/mol. The Bertz CT molecular complexity index is 332. The lowest BCUT2D eigenvalue weighted by Gasteiger charge is -2.49. The number of rotatable bonds is 6. The second-order valence-corrected chi connectivity index (χ2v) is 7.04. The number of piperidine rings is 1. The molecule has 2 aliphatic rings. The average molecular weight is 296 g/mol. The molecule has 1 saturated carbocycles. The van der Waals surface area contributed by atoms with Gasteiger partial charge in [-0.25, -0.2) is 0 Å². The highest BCUT2D eigenvalue weighted by molar-refractivity contribution is 5.68. The third kappa shape index (κ3) is 4.19. The lowest BCUT2D eigenvalue weighted by molar-refractivity contribution is -0.142. The molecule has 1 aliphatic carbocycles. The van der Waals surface area contributed by atoms with Crippen LogP contribution in [0.3, 0.4) is 0 Å². The van der Waals surface area contributed by atoms with Crippen LogP contribution in [-0.2, 0) is 4.79 Å². The van der Waals surface area contributed by atoms with Crippen LogP contribution in [0.15, 0.2) is 0 Å². The molecule has 0 amide bonds. The summed E-state index contributed by atoms with van der Waals surface area (Å²) in [5.74, 6) is -0.632. The second-order valence-electron chi connectivity index (χ2n) is 7.04. The van der Waals surface area contributed by atoms with Crippen molar-refractivity contribution in [3.8, 4) is 0 Å². The van der Waals surface area contributed by atoms with E-state index < -0.39 is 5.97 Å². The topological polar surface area (TPSA) is 43.8 Å². The highest BCUT2D eigenvalue weighted by Crippen LogP contribution is 2.38. The minimum Gasteiger partial charge on any atom is -0.481 e. The Hall–Kier alpha value is -0.610. The van der Waals surface area contributed by atoms with Gasteiger partial charge in [-0.05, 0) is 58.8 Å². The van der Waals surface area contributed by atoms with E-state index in [2.05, 4.69) is 23.8 Å². The number of aliphatic carboxylic acids is 1. The van der Waals surface area contributed by atoms with Crippen LogP contribution >= 0.6 is 0 Å². The highest BCUT2D eigenvalue weighted by atomic mass is 16.4. The molecule has 21 heavy (non-hydrogen) atoms. The number of hydrogen-bond donors (Lipinski definition) is 1. The first-order chi connectivity index (χ1) is 10.1. The Morgan fingerprint density at radius 1 is 1.24 bits per heavy atom. The number of likely N-dealkylation sites (tertiary alicyclic amines) is 1. The molecule has 0 aromatic carbocycles. The van der Waals surface area contributed by atoms with Gasteiger partial charge >= 0.3 is 5.97 Å². The maximum Gasteiger partial charge on any atom is 0.305 e. The zero-order valence-electron chi connectivity index (χ0n) is 13.8. The van der Waals surface area contributed by atoms with E-state index in [-0.39, 0.29) is 5.54 Å². The van der Waals surface area contributed by atoms with Gasteiger partial charge in [-0.3, -0.25) is 9.69 Å². The van der Waals surface area contributed by atoms with Gasteiger partial charge in [0.15, 0.2) is 0 Å². The van der Waals surface area contributed by atoms with Crippen molar-refractivity contribution in [3.05, 3.63) is 0 Å². The first kappa shape index (κ1) is 16.8. The van der Waals surface area contributed by atoms with Gasteiger partial charge < -0.3 is 10.0 Å². The molecule has 0 unspecified atom stereocenters. The van der Waals surface area contributed by atoms with Crippen molar-refractivity contribution < 1.29 is 9.90 Å². The lowest BCUT2D eigenvalue weighted by atomic mass is 9.76. The fourth-order valence-corrected chi connectivity index (χ4v) is 4.38. The predicted octanol–water partition coefficient (Wildman–Crippen LogP) is 2.97. The summed E-state index contributed by atoms with van der Waals surface area (Å²) in [5.41, 5.74) is -0.0817. The van der Waals surface area contributed by atoms with Crippen LogP contribution in [-0.4, -0.2) is 59.1 Å². The van der Waals surface area contributed by atoms with Gasteiger partial charge in [0.05, 0.1) is 6.42 Å². The van der Waals surface area contributed by atoms with Crippen LogP contribution < -0.4 is 0 Å². The molecule has 2 fully saturated rings. The van der Waals surface area contributed by atoms with Gasteiger partial charge in [0, 0.05) is 11.6 Å². The Kier molecular flexibility index (Phi) is 6.06. The molecule has 0 aromatic rings. The van der Waals surface area contributed by atoms with Gasteiger partial charge in [0.1, 0.15) is 0 Å². The first-order valence-corrected chi connectivity index (χ1v) is 8.74. The first-order valence-electron chi connectivity index (χ1n) is 8.74. The van der Waals surface area contributed by atoms with Gasteiger partial charge in [0.2, 0.25) is 0 Å². The fourth-order valence-electron chi connectivity index (χ4n) is 4.38. The van der Waals surface area contributed by atoms with Gasteiger partial charge in [-0.1, -0.05) is 26.2 Å². The third-order valence-electron chi connectivity index (χ3n) is 5.66. The van der Waals surface area contributed by atoms with E-state index in [0.717, 1.165) is 12.8 Å².